The molecule has 3 atom stereocenters. The third kappa shape index (κ3) is 5.18. The van der Waals surface area contributed by atoms with Gasteiger partial charge in [0.25, 0.3) is 0 Å². The van der Waals surface area contributed by atoms with Crippen LogP contribution in [0.15, 0.2) is 18.5 Å². The van der Waals surface area contributed by atoms with Crippen molar-refractivity contribution in [2.24, 2.45) is 0 Å². The van der Waals surface area contributed by atoms with Gasteiger partial charge in [-0.15, -0.1) is 0 Å². The van der Waals surface area contributed by atoms with Crippen LogP contribution in [0.25, 0.3) is 33.1 Å². The van der Waals surface area contributed by atoms with Gasteiger partial charge in [-0.05, 0) is 50.8 Å². The number of anilines is 1. The summed E-state index contributed by atoms with van der Waals surface area (Å²) in [5, 5.41) is 9.47. The van der Waals surface area contributed by atoms with Gasteiger partial charge in [0.1, 0.15) is 24.7 Å². The Kier molecular flexibility index (Phi) is 7.57. The highest BCUT2D eigenvalue weighted by Crippen LogP contribution is 2.42. The number of hydrogen-bond acceptors (Lipinski definition) is 11. The van der Waals surface area contributed by atoms with Gasteiger partial charge in [-0.2, -0.15) is 15.1 Å². The molecule has 1 aromatic carbocycles. The molecule has 1 N–H and O–H groups in total. The lowest BCUT2D eigenvalue weighted by molar-refractivity contribution is -0.00448. The molecule has 9 rings (SSSR count). The summed E-state index contributed by atoms with van der Waals surface area (Å²) in [5.41, 5.74) is 4.36. The van der Waals surface area contributed by atoms with Gasteiger partial charge in [-0.3, -0.25) is 15.0 Å². The quantitative estimate of drug-likeness (QED) is 0.307. The Morgan fingerprint density at radius 3 is 3.00 bits per heavy atom. The van der Waals surface area contributed by atoms with Crippen LogP contribution in [0, 0.1) is 6.92 Å². The van der Waals surface area contributed by atoms with E-state index in [9.17, 15) is 9.18 Å². The van der Waals surface area contributed by atoms with Crippen LogP contribution in [0.4, 0.5) is 15.0 Å². The molecule has 0 aliphatic carbocycles. The fraction of sp³-hybridized carbons (Fsp3) is 0.531. The molecule has 5 aliphatic heterocycles. The number of benzene rings is 1. The van der Waals surface area contributed by atoms with Gasteiger partial charge in [0.05, 0.1) is 60.2 Å². The zero-order valence-corrected chi connectivity index (χ0v) is 26.3. The van der Waals surface area contributed by atoms with E-state index in [1.54, 1.807) is 12.4 Å². The van der Waals surface area contributed by atoms with E-state index in [1.165, 1.54) is 0 Å². The number of fused-ring (bicyclic) bond motifs is 8. The molecule has 3 aromatic heterocycles. The van der Waals surface area contributed by atoms with Gasteiger partial charge < -0.3 is 23.8 Å². The van der Waals surface area contributed by atoms with Gasteiger partial charge in [0.2, 0.25) is 0 Å². The van der Waals surface area contributed by atoms with Crippen LogP contribution in [0.2, 0.25) is 5.02 Å². The third-order valence-electron chi connectivity index (χ3n) is 9.79. The number of halogens is 2. The Bertz CT molecular complexity index is 1820. The average Bonchev–Trinajstić information content (AvgIpc) is 3.68. The second-order valence-corrected chi connectivity index (χ2v) is 13.1. The predicted molar refractivity (Wildman–Crippen MR) is 168 cm³/mol. The summed E-state index contributed by atoms with van der Waals surface area (Å²) in [6.45, 7) is 5.20. The van der Waals surface area contributed by atoms with E-state index < -0.39 is 18.4 Å². The number of aromatic nitrogens is 5. The minimum absolute atomic E-state index is 0.158. The second-order valence-electron chi connectivity index (χ2n) is 12.7. The minimum atomic E-state index is -0.868. The van der Waals surface area contributed by atoms with Crippen molar-refractivity contribution in [1.29, 1.82) is 0 Å². The minimum Gasteiger partial charge on any atom is -0.461 e. The van der Waals surface area contributed by atoms with Crippen molar-refractivity contribution in [3.8, 4) is 17.3 Å². The topological polar surface area (TPSA) is 128 Å². The molecule has 12 nitrogen and oxygen atoms in total. The van der Waals surface area contributed by atoms with Crippen LogP contribution < -0.4 is 9.64 Å². The molecule has 6 bridgehead atoms. The van der Waals surface area contributed by atoms with E-state index in [1.807, 2.05) is 17.9 Å². The van der Waals surface area contributed by atoms with Crippen LogP contribution in [0.1, 0.15) is 36.8 Å². The smallest absolute Gasteiger partial charge is 0.461 e. The zero-order valence-electron chi connectivity index (χ0n) is 25.6. The molecule has 0 radical (unpaired) electrons. The zero-order chi connectivity index (χ0) is 31.4. The summed E-state index contributed by atoms with van der Waals surface area (Å²) in [6.07, 6.45) is 4.73. The fourth-order valence-corrected chi connectivity index (χ4v) is 7.92. The highest BCUT2D eigenvalue weighted by molar-refractivity contribution is 6.33. The van der Waals surface area contributed by atoms with Crippen molar-refractivity contribution >= 4 is 45.4 Å². The van der Waals surface area contributed by atoms with Crippen LogP contribution in [-0.4, -0.2) is 107 Å². The Balaban J connectivity index is 1.30. The molecule has 3 fully saturated rings. The number of H-pyrrole nitrogens is 1. The maximum atomic E-state index is 14.5. The second kappa shape index (κ2) is 11.8. The molecule has 5 aliphatic rings. The van der Waals surface area contributed by atoms with Gasteiger partial charge in [0.15, 0.2) is 0 Å². The summed E-state index contributed by atoms with van der Waals surface area (Å²) in [4.78, 5) is 31.8. The standard InChI is InChI=1S/C32H35ClFN7O5/c1-18-27-23-12-35-28(18)26-21(24(33)10-25-22(26)13-36-39-25)4-2-8-44-31(42)46-20-15-40(7-9-43-16-20)29(23)38-30(37-27)45-17-32-5-3-6-41(32)14-19(34)11-32/h10,12-13,19-20H,2-9,11,14-17H2,1H3,(H,36,39)/t19-,20+,32+/m1/s1. The molecule has 4 aromatic rings. The maximum Gasteiger partial charge on any atom is 0.508 e. The SMILES string of the molecule is Cc1c2ncc3c(nc(OC[C@@]45CCCN4C[C@H](F)C5)nc13)N1CCOC[C@H](C1)OC(=O)OCCCc1c(Cl)cc3[nH]ncc3c1-2. The highest BCUT2D eigenvalue weighted by Gasteiger charge is 2.49. The normalized spacial score (nSPS) is 25.5. The van der Waals surface area contributed by atoms with Gasteiger partial charge >= 0.3 is 12.2 Å². The molecule has 46 heavy (non-hydrogen) atoms. The van der Waals surface area contributed by atoms with Crippen LogP contribution in [0.5, 0.6) is 6.01 Å². The first-order valence-electron chi connectivity index (χ1n) is 15.9. The number of aryl methyl sites for hydroxylation is 1. The average molecular weight is 652 g/mol. The first-order chi connectivity index (χ1) is 22.4. The van der Waals surface area contributed by atoms with Crippen molar-refractivity contribution in [2.45, 2.75) is 56.8 Å². The van der Waals surface area contributed by atoms with Crippen molar-refractivity contribution in [3.63, 3.8) is 0 Å². The predicted octanol–water partition coefficient (Wildman–Crippen LogP) is 4.79. The number of aromatic amines is 1. The first-order valence-corrected chi connectivity index (χ1v) is 16.3. The Labute approximate surface area is 269 Å². The molecule has 0 spiro atoms. The fourth-order valence-electron chi connectivity index (χ4n) is 7.62. The summed E-state index contributed by atoms with van der Waals surface area (Å²) < 4.78 is 37.9. The number of alkyl halides is 1. The molecular weight excluding hydrogens is 617 g/mol. The monoisotopic (exact) mass is 651 g/mol. The largest absolute Gasteiger partial charge is 0.508 e. The number of carbonyl (C=O) groups excluding carboxylic acids is 1. The molecule has 8 heterocycles. The lowest BCUT2D eigenvalue weighted by Crippen LogP contribution is -2.43. The Morgan fingerprint density at radius 1 is 1.17 bits per heavy atom. The van der Waals surface area contributed by atoms with E-state index in [2.05, 4.69) is 15.1 Å². The summed E-state index contributed by atoms with van der Waals surface area (Å²) >= 11 is 6.87. The summed E-state index contributed by atoms with van der Waals surface area (Å²) in [5.74, 6) is 0.594. The number of nitrogens with zero attached hydrogens (tertiary/aromatic N) is 6. The van der Waals surface area contributed by atoms with E-state index in [4.69, 9.17) is 45.5 Å². The number of rotatable bonds is 3. The highest BCUT2D eigenvalue weighted by atomic mass is 35.5. The van der Waals surface area contributed by atoms with E-state index in [0.29, 0.717) is 74.2 Å². The van der Waals surface area contributed by atoms with Crippen LogP contribution in [0.3, 0.4) is 0 Å². The molecular formula is C32H35ClFN7O5. The van der Waals surface area contributed by atoms with E-state index in [-0.39, 0.29) is 24.8 Å². The van der Waals surface area contributed by atoms with E-state index >= 15 is 0 Å². The lowest BCUT2D eigenvalue weighted by atomic mass is 9.93. The van der Waals surface area contributed by atoms with Crippen LogP contribution in [-0.2, 0) is 20.6 Å². The van der Waals surface area contributed by atoms with E-state index in [0.717, 1.165) is 52.4 Å². The Hall–Kier alpha value is -3.81. The molecule has 0 unspecified atom stereocenters. The van der Waals surface area contributed by atoms with Crippen molar-refractivity contribution < 1.29 is 28.1 Å². The number of carbonyl (C=O) groups is 1. The maximum absolute atomic E-state index is 14.5. The molecule has 0 saturated carbocycles. The van der Waals surface area contributed by atoms with Crippen molar-refractivity contribution in [3.05, 3.63) is 34.6 Å². The molecule has 0 amide bonds. The molecule has 14 heteroatoms. The summed E-state index contributed by atoms with van der Waals surface area (Å²) in [6, 6.07) is 2.06. The van der Waals surface area contributed by atoms with Gasteiger partial charge in [-0.25, -0.2) is 9.18 Å². The van der Waals surface area contributed by atoms with Crippen molar-refractivity contribution in [1.82, 2.24) is 30.0 Å². The van der Waals surface area contributed by atoms with Crippen molar-refractivity contribution in [2.75, 3.05) is 57.5 Å². The first kappa shape index (κ1) is 29.6. The number of ether oxygens (including phenoxy) is 4. The molecule has 3 saturated heterocycles. The molecule has 242 valence electrons. The summed E-state index contributed by atoms with van der Waals surface area (Å²) in [7, 11) is 0. The lowest BCUT2D eigenvalue weighted by Gasteiger charge is -2.31. The van der Waals surface area contributed by atoms with Crippen LogP contribution >= 0.6 is 11.6 Å². The number of nitrogens with one attached hydrogen (secondary N) is 1. The van der Waals surface area contributed by atoms with Gasteiger partial charge in [0, 0.05) is 47.2 Å². The number of pyridine rings is 1. The number of hydrogen-bond donors (Lipinski definition) is 1. The third-order valence-corrected chi connectivity index (χ3v) is 10.1. The Morgan fingerprint density at radius 2 is 2.09 bits per heavy atom. The van der Waals surface area contributed by atoms with Gasteiger partial charge in [-0.1, -0.05) is 11.6 Å².